The number of benzene rings is 1. The second-order valence-electron chi connectivity index (χ2n) is 4.85. The fourth-order valence-electron chi connectivity index (χ4n) is 2.18. The summed E-state index contributed by atoms with van der Waals surface area (Å²) in [6.45, 7) is 2.15. The van der Waals surface area contributed by atoms with Gasteiger partial charge in [0, 0.05) is 13.1 Å². The first-order valence-electron chi connectivity index (χ1n) is 5.87. The first kappa shape index (κ1) is 11.7. The van der Waals surface area contributed by atoms with Crippen LogP contribution in [0, 0.1) is 5.92 Å². The Bertz CT molecular complexity index is 361. The van der Waals surface area contributed by atoms with E-state index in [-0.39, 0.29) is 0 Å². The van der Waals surface area contributed by atoms with Gasteiger partial charge in [-0.2, -0.15) is 0 Å². The molecule has 0 amide bonds. The lowest BCUT2D eigenvalue weighted by atomic mass is 9.85. The van der Waals surface area contributed by atoms with Crippen LogP contribution >= 0.6 is 11.6 Å². The minimum absolute atomic E-state index is 0.644. The minimum atomic E-state index is 0.644. The third kappa shape index (κ3) is 2.89. The van der Waals surface area contributed by atoms with Gasteiger partial charge in [0.2, 0.25) is 0 Å². The Morgan fingerprint density at radius 2 is 2.19 bits per heavy atom. The molecule has 0 aromatic heterocycles. The molecule has 1 aromatic rings. The molecule has 2 rings (SSSR count). The van der Waals surface area contributed by atoms with E-state index in [9.17, 15) is 0 Å². The summed E-state index contributed by atoms with van der Waals surface area (Å²) in [5, 5.41) is 0.644. The van der Waals surface area contributed by atoms with Crippen molar-refractivity contribution < 1.29 is 0 Å². The van der Waals surface area contributed by atoms with Gasteiger partial charge in [-0.05, 0) is 43.5 Å². The Morgan fingerprint density at radius 3 is 2.75 bits per heavy atom. The lowest BCUT2D eigenvalue weighted by molar-refractivity contribution is 0.200. The predicted octanol–water partition coefficient (Wildman–Crippen LogP) is 3.15. The molecule has 1 fully saturated rings. The van der Waals surface area contributed by atoms with Crippen molar-refractivity contribution in [3.63, 3.8) is 0 Å². The number of hydrogen-bond acceptors (Lipinski definition) is 2. The summed E-state index contributed by atoms with van der Waals surface area (Å²) in [5.41, 5.74) is 7.70. The fraction of sp³-hybridized carbons (Fsp3) is 0.538. The summed E-state index contributed by atoms with van der Waals surface area (Å²) >= 11 is 5.89. The summed E-state index contributed by atoms with van der Waals surface area (Å²) in [4.78, 5) is 2.37. The van der Waals surface area contributed by atoms with Crippen LogP contribution in [-0.4, -0.2) is 18.5 Å². The summed E-state index contributed by atoms with van der Waals surface area (Å²) < 4.78 is 0. The zero-order chi connectivity index (χ0) is 11.5. The Balaban J connectivity index is 1.89. The number of anilines is 1. The van der Waals surface area contributed by atoms with E-state index in [1.807, 2.05) is 12.1 Å². The average molecular weight is 239 g/mol. The quantitative estimate of drug-likeness (QED) is 0.817. The number of halogens is 1. The molecule has 16 heavy (non-hydrogen) atoms. The highest BCUT2D eigenvalue weighted by Gasteiger charge is 2.18. The van der Waals surface area contributed by atoms with Crippen molar-refractivity contribution in [2.45, 2.75) is 25.8 Å². The van der Waals surface area contributed by atoms with Crippen LogP contribution in [0.4, 0.5) is 5.69 Å². The molecule has 1 saturated carbocycles. The van der Waals surface area contributed by atoms with E-state index in [0.29, 0.717) is 10.7 Å². The third-order valence-corrected chi connectivity index (χ3v) is 3.65. The van der Waals surface area contributed by atoms with E-state index in [4.69, 9.17) is 17.3 Å². The smallest absolute Gasteiger partial charge is 0.0635 e. The largest absolute Gasteiger partial charge is 0.398 e. The molecular formula is C13H19ClN2. The normalized spacial score (nSPS) is 16.4. The van der Waals surface area contributed by atoms with Crippen molar-refractivity contribution >= 4 is 17.3 Å². The number of rotatable bonds is 4. The summed E-state index contributed by atoms with van der Waals surface area (Å²) in [7, 11) is 2.17. The molecule has 2 N–H and O–H groups in total. The van der Waals surface area contributed by atoms with E-state index < -0.39 is 0 Å². The first-order valence-corrected chi connectivity index (χ1v) is 6.25. The van der Waals surface area contributed by atoms with Gasteiger partial charge in [-0.1, -0.05) is 24.1 Å². The van der Waals surface area contributed by atoms with Gasteiger partial charge in [0.15, 0.2) is 0 Å². The Hall–Kier alpha value is -0.730. The number of nitrogen functional groups attached to an aromatic ring is 1. The second kappa shape index (κ2) is 5.07. The Morgan fingerprint density at radius 1 is 1.44 bits per heavy atom. The predicted molar refractivity (Wildman–Crippen MR) is 69.5 cm³/mol. The van der Waals surface area contributed by atoms with E-state index in [0.717, 1.165) is 12.5 Å². The topological polar surface area (TPSA) is 29.3 Å². The van der Waals surface area contributed by atoms with Crippen molar-refractivity contribution in [1.82, 2.24) is 4.90 Å². The molecule has 3 heteroatoms. The van der Waals surface area contributed by atoms with Gasteiger partial charge >= 0.3 is 0 Å². The van der Waals surface area contributed by atoms with Crippen LogP contribution in [0.3, 0.4) is 0 Å². The van der Waals surface area contributed by atoms with Gasteiger partial charge < -0.3 is 10.6 Å². The SMILES string of the molecule is CN(Cc1ccc(Cl)c(N)c1)CC1CCC1. The molecule has 1 aromatic carbocycles. The standard InChI is InChI=1S/C13H19ClN2/c1-16(8-10-3-2-4-10)9-11-5-6-12(14)13(15)7-11/h5-7,10H,2-4,8-9,15H2,1H3. The van der Waals surface area contributed by atoms with Crippen LogP contribution in [0.2, 0.25) is 5.02 Å². The molecule has 0 unspecified atom stereocenters. The zero-order valence-electron chi connectivity index (χ0n) is 9.75. The maximum absolute atomic E-state index is 5.89. The Labute approximate surface area is 102 Å². The van der Waals surface area contributed by atoms with Crippen LogP contribution < -0.4 is 5.73 Å². The van der Waals surface area contributed by atoms with Crippen LogP contribution in [-0.2, 0) is 6.54 Å². The van der Waals surface area contributed by atoms with Gasteiger partial charge in [-0.15, -0.1) is 0 Å². The van der Waals surface area contributed by atoms with Crippen molar-refractivity contribution in [2.24, 2.45) is 5.92 Å². The summed E-state index contributed by atoms with van der Waals surface area (Å²) in [6, 6.07) is 5.90. The maximum atomic E-state index is 5.89. The highest BCUT2D eigenvalue weighted by Crippen LogP contribution is 2.27. The average Bonchev–Trinajstić information content (AvgIpc) is 2.18. The number of nitrogens with two attached hydrogens (primary N) is 1. The van der Waals surface area contributed by atoms with Crippen LogP contribution in [0.1, 0.15) is 24.8 Å². The zero-order valence-corrected chi connectivity index (χ0v) is 10.5. The molecule has 1 aliphatic rings. The molecule has 1 aliphatic carbocycles. The van der Waals surface area contributed by atoms with Crippen molar-refractivity contribution in [2.75, 3.05) is 19.3 Å². The molecule has 0 radical (unpaired) electrons. The third-order valence-electron chi connectivity index (χ3n) is 3.31. The highest BCUT2D eigenvalue weighted by atomic mass is 35.5. The minimum Gasteiger partial charge on any atom is -0.398 e. The maximum Gasteiger partial charge on any atom is 0.0635 e. The van der Waals surface area contributed by atoms with Gasteiger partial charge in [-0.3, -0.25) is 0 Å². The fourth-order valence-corrected chi connectivity index (χ4v) is 2.30. The van der Waals surface area contributed by atoms with Gasteiger partial charge in [0.05, 0.1) is 10.7 Å². The van der Waals surface area contributed by atoms with Crippen LogP contribution in [0.5, 0.6) is 0 Å². The van der Waals surface area contributed by atoms with E-state index >= 15 is 0 Å². The monoisotopic (exact) mass is 238 g/mol. The van der Waals surface area contributed by atoms with Crippen LogP contribution in [0.25, 0.3) is 0 Å². The van der Waals surface area contributed by atoms with E-state index in [1.165, 1.54) is 31.4 Å². The van der Waals surface area contributed by atoms with Crippen molar-refractivity contribution in [3.8, 4) is 0 Å². The molecule has 0 spiro atoms. The van der Waals surface area contributed by atoms with Crippen molar-refractivity contribution in [3.05, 3.63) is 28.8 Å². The van der Waals surface area contributed by atoms with Crippen LogP contribution in [0.15, 0.2) is 18.2 Å². The van der Waals surface area contributed by atoms with Gasteiger partial charge in [-0.25, -0.2) is 0 Å². The lowest BCUT2D eigenvalue weighted by Gasteiger charge is -2.30. The van der Waals surface area contributed by atoms with Gasteiger partial charge in [0.1, 0.15) is 0 Å². The lowest BCUT2D eigenvalue weighted by Crippen LogP contribution is -2.29. The molecule has 0 aliphatic heterocycles. The van der Waals surface area contributed by atoms with E-state index in [1.54, 1.807) is 0 Å². The Kier molecular flexibility index (Phi) is 3.72. The molecule has 0 atom stereocenters. The summed E-state index contributed by atoms with van der Waals surface area (Å²) in [5.74, 6) is 0.912. The first-order chi connectivity index (χ1) is 7.65. The van der Waals surface area contributed by atoms with Gasteiger partial charge in [0.25, 0.3) is 0 Å². The number of hydrogen-bond donors (Lipinski definition) is 1. The molecule has 88 valence electrons. The molecule has 0 heterocycles. The molecule has 0 saturated heterocycles. The molecule has 2 nitrogen and oxygen atoms in total. The summed E-state index contributed by atoms with van der Waals surface area (Å²) in [6.07, 6.45) is 4.20. The van der Waals surface area contributed by atoms with E-state index in [2.05, 4.69) is 18.0 Å². The van der Waals surface area contributed by atoms with Crippen molar-refractivity contribution in [1.29, 1.82) is 0 Å². The second-order valence-corrected chi connectivity index (χ2v) is 5.26. The molecule has 0 bridgehead atoms. The molecular weight excluding hydrogens is 220 g/mol. The highest BCUT2D eigenvalue weighted by molar-refractivity contribution is 6.33. The number of nitrogens with zero attached hydrogens (tertiary/aromatic N) is 1.